The van der Waals surface area contributed by atoms with Crippen LogP contribution in [0.3, 0.4) is 0 Å². The summed E-state index contributed by atoms with van der Waals surface area (Å²) in [5, 5.41) is 3.47. The maximum Gasteiger partial charge on any atom is 0.361 e. The molecule has 0 aromatic carbocycles. The van der Waals surface area contributed by atoms with Crippen molar-refractivity contribution in [1.82, 2.24) is 0 Å². The van der Waals surface area contributed by atoms with Crippen molar-refractivity contribution in [2.75, 3.05) is 7.11 Å². The molecule has 4 nitrogen and oxygen atoms in total. The van der Waals surface area contributed by atoms with E-state index in [1.54, 1.807) is 6.92 Å². The Balaban J connectivity index is 3.12. The Labute approximate surface area is 85.1 Å². The molecule has 0 aliphatic carbocycles. The van der Waals surface area contributed by atoms with Gasteiger partial charge in [0.25, 0.3) is 0 Å². The van der Waals surface area contributed by atoms with Gasteiger partial charge in [-0.2, -0.15) is 0 Å². The summed E-state index contributed by atoms with van der Waals surface area (Å²) in [4.78, 5) is 15.6. The van der Waals surface area contributed by atoms with Crippen LogP contribution in [-0.4, -0.2) is 24.9 Å². The lowest BCUT2D eigenvalue weighted by Crippen LogP contribution is -2.08. The fraction of sp³-hybridized carbons (Fsp3) is 0.429. The number of hydrogen-bond donors (Lipinski definition) is 0. The largest absolute Gasteiger partial charge is 0.453 e. The SMILES string of the molecule is CO/N=C1\C(=O)OC(C)C1=C(Cl)Cl. The Bertz CT molecular complexity index is 294. The average molecular weight is 224 g/mol. The Hall–Kier alpha value is -0.740. The first-order valence-corrected chi connectivity index (χ1v) is 4.21. The van der Waals surface area contributed by atoms with Crippen LogP contribution in [0.25, 0.3) is 0 Å². The van der Waals surface area contributed by atoms with Gasteiger partial charge in [-0.15, -0.1) is 0 Å². The van der Waals surface area contributed by atoms with Crippen molar-refractivity contribution < 1.29 is 14.4 Å². The molecule has 0 amide bonds. The van der Waals surface area contributed by atoms with Crippen molar-refractivity contribution in [3.8, 4) is 0 Å². The number of carbonyl (C=O) groups is 1. The Morgan fingerprint density at radius 1 is 1.62 bits per heavy atom. The van der Waals surface area contributed by atoms with Gasteiger partial charge < -0.3 is 9.57 Å². The molecular formula is C7H7Cl2NO3. The monoisotopic (exact) mass is 223 g/mol. The van der Waals surface area contributed by atoms with Crippen LogP contribution in [0.2, 0.25) is 0 Å². The highest BCUT2D eigenvalue weighted by Gasteiger charge is 2.36. The summed E-state index contributed by atoms with van der Waals surface area (Å²) in [6, 6.07) is 0. The summed E-state index contributed by atoms with van der Waals surface area (Å²) < 4.78 is 4.79. The molecule has 1 unspecified atom stereocenters. The molecule has 0 spiro atoms. The van der Waals surface area contributed by atoms with Gasteiger partial charge in [-0.05, 0) is 6.92 Å². The minimum atomic E-state index is -0.580. The number of hydrogen-bond acceptors (Lipinski definition) is 4. The third-order valence-electron chi connectivity index (χ3n) is 1.52. The van der Waals surface area contributed by atoms with Crippen molar-refractivity contribution in [2.45, 2.75) is 13.0 Å². The summed E-state index contributed by atoms with van der Waals surface area (Å²) in [6.45, 7) is 1.65. The Morgan fingerprint density at radius 3 is 2.69 bits per heavy atom. The summed E-state index contributed by atoms with van der Waals surface area (Å²) in [7, 11) is 1.32. The van der Waals surface area contributed by atoms with Crippen LogP contribution in [0.4, 0.5) is 0 Å². The molecule has 1 aliphatic rings. The number of nitrogens with zero attached hydrogens (tertiary/aromatic N) is 1. The molecule has 0 N–H and O–H groups in total. The van der Waals surface area contributed by atoms with Crippen molar-refractivity contribution in [3.63, 3.8) is 0 Å². The van der Waals surface area contributed by atoms with E-state index in [1.165, 1.54) is 7.11 Å². The second-order valence-corrected chi connectivity index (χ2v) is 3.29. The van der Waals surface area contributed by atoms with E-state index in [2.05, 4.69) is 9.99 Å². The van der Waals surface area contributed by atoms with Gasteiger partial charge in [0.1, 0.15) is 17.7 Å². The number of ether oxygens (including phenoxy) is 1. The van der Waals surface area contributed by atoms with E-state index in [0.717, 1.165) is 0 Å². The van der Waals surface area contributed by atoms with Crippen LogP contribution in [-0.2, 0) is 14.4 Å². The third kappa shape index (κ3) is 1.95. The summed E-state index contributed by atoms with van der Waals surface area (Å²) in [5.41, 5.74) is 0.380. The zero-order valence-corrected chi connectivity index (χ0v) is 8.52. The summed E-state index contributed by atoms with van der Waals surface area (Å²) in [6.07, 6.45) is -0.480. The molecule has 1 heterocycles. The van der Waals surface area contributed by atoms with E-state index in [-0.39, 0.29) is 10.2 Å². The van der Waals surface area contributed by atoms with Crippen LogP contribution in [0.1, 0.15) is 6.92 Å². The topological polar surface area (TPSA) is 47.9 Å². The fourth-order valence-electron chi connectivity index (χ4n) is 0.999. The number of oxime groups is 1. The van der Waals surface area contributed by atoms with Crippen molar-refractivity contribution >= 4 is 34.9 Å². The molecule has 1 atom stereocenters. The zero-order chi connectivity index (χ0) is 10.0. The standard InChI is InChI=1S/C7H7Cl2NO3/c1-3-4(6(8)9)5(10-12-2)7(11)13-3/h3H,1-2H3/b10-5-. The number of carbonyl (C=O) groups excluding carboxylic acids is 1. The molecule has 1 rings (SSSR count). The van der Waals surface area contributed by atoms with E-state index >= 15 is 0 Å². The number of cyclic esters (lactones) is 1. The lowest BCUT2D eigenvalue weighted by molar-refractivity contribution is -0.135. The molecule has 1 fully saturated rings. The molecule has 13 heavy (non-hydrogen) atoms. The van der Waals surface area contributed by atoms with E-state index in [0.29, 0.717) is 5.57 Å². The normalized spacial score (nSPS) is 24.9. The third-order valence-corrected chi connectivity index (χ3v) is 1.93. The summed E-state index contributed by atoms with van der Waals surface area (Å²) >= 11 is 11.1. The average Bonchev–Trinajstić information content (AvgIpc) is 2.27. The molecule has 0 radical (unpaired) electrons. The van der Waals surface area contributed by atoms with Gasteiger partial charge >= 0.3 is 5.97 Å². The van der Waals surface area contributed by atoms with Crippen molar-refractivity contribution in [2.24, 2.45) is 5.16 Å². The fourth-order valence-corrected chi connectivity index (χ4v) is 1.48. The van der Waals surface area contributed by atoms with E-state index in [1.807, 2.05) is 0 Å². The maximum atomic E-state index is 11.1. The lowest BCUT2D eigenvalue weighted by Gasteiger charge is -2.00. The van der Waals surface area contributed by atoms with Crippen LogP contribution in [0.15, 0.2) is 15.2 Å². The minimum absolute atomic E-state index is 0.0231. The second-order valence-electron chi connectivity index (χ2n) is 2.34. The van der Waals surface area contributed by atoms with E-state index in [4.69, 9.17) is 27.9 Å². The first kappa shape index (κ1) is 10.3. The van der Waals surface area contributed by atoms with Gasteiger partial charge in [0.15, 0.2) is 5.71 Å². The van der Waals surface area contributed by atoms with Crippen molar-refractivity contribution in [1.29, 1.82) is 0 Å². The predicted molar refractivity (Wildman–Crippen MR) is 48.7 cm³/mol. The first-order chi connectivity index (χ1) is 6.07. The van der Waals surface area contributed by atoms with E-state index < -0.39 is 12.1 Å². The molecule has 1 saturated heterocycles. The molecule has 0 saturated carbocycles. The lowest BCUT2D eigenvalue weighted by atomic mass is 10.1. The van der Waals surface area contributed by atoms with Gasteiger partial charge in [0, 0.05) is 0 Å². The predicted octanol–water partition coefficient (Wildman–Crippen LogP) is 1.62. The highest BCUT2D eigenvalue weighted by Crippen LogP contribution is 2.26. The number of esters is 1. The highest BCUT2D eigenvalue weighted by molar-refractivity contribution is 6.60. The quantitative estimate of drug-likeness (QED) is 0.502. The van der Waals surface area contributed by atoms with Gasteiger partial charge in [-0.1, -0.05) is 28.4 Å². The van der Waals surface area contributed by atoms with Crippen LogP contribution in [0.5, 0.6) is 0 Å². The molecule has 0 bridgehead atoms. The van der Waals surface area contributed by atoms with Crippen LogP contribution in [0, 0.1) is 0 Å². The van der Waals surface area contributed by atoms with Crippen LogP contribution < -0.4 is 0 Å². The van der Waals surface area contributed by atoms with E-state index in [9.17, 15) is 4.79 Å². The van der Waals surface area contributed by atoms with Crippen molar-refractivity contribution in [3.05, 3.63) is 10.1 Å². The molecule has 0 aromatic heterocycles. The maximum absolute atomic E-state index is 11.1. The molecule has 0 aromatic rings. The first-order valence-electron chi connectivity index (χ1n) is 3.45. The smallest absolute Gasteiger partial charge is 0.361 e. The van der Waals surface area contributed by atoms with Gasteiger partial charge in [0.2, 0.25) is 0 Å². The summed E-state index contributed by atoms with van der Waals surface area (Å²) in [5.74, 6) is -0.580. The minimum Gasteiger partial charge on any atom is -0.453 e. The highest BCUT2D eigenvalue weighted by atomic mass is 35.5. The van der Waals surface area contributed by atoms with Gasteiger partial charge in [0.05, 0.1) is 5.57 Å². The number of halogens is 2. The number of rotatable bonds is 1. The Kier molecular flexibility index (Phi) is 3.17. The molecular weight excluding hydrogens is 217 g/mol. The zero-order valence-electron chi connectivity index (χ0n) is 7.01. The molecule has 72 valence electrons. The molecule has 6 heteroatoms. The van der Waals surface area contributed by atoms with Gasteiger partial charge in [-0.3, -0.25) is 0 Å². The molecule has 1 aliphatic heterocycles. The Morgan fingerprint density at radius 2 is 2.23 bits per heavy atom. The second kappa shape index (κ2) is 3.98. The van der Waals surface area contributed by atoms with Crippen LogP contribution >= 0.6 is 23.2 Å². The van der Waals surface area contributed by atoms with Gasteiger partial charge in [-0.25, -0.2) is 4.79 Å².